The number of anilines is 2. The average Bonchev–Trinajstić information content (AvgIpc) is 2.81. The molecule has 2 amide bonds. The van der Waals surface area contributed by atoms with Gasteiger partial charge in [0.1, 0.15) is 11.6 Å². The van der Waals surface area contributed by atoms with Crippen LogP contribution in [-0.4, -0.2) is 35.6 Å². The van der Waals surface area contributed by atoms with E-state index in [4.69, 9.17) is 4.74 Å². The average molecular weight is 436 g/mol. The SMILES string of the molecule is Cc1ccc(NC(=O)NCC2CCCN(c3nccc(Oc4ccc(F)cc4)n3)C2)cc1. The van der Waals surface area contributed by atoms with Crippen LogP contribution in [0.4, 0.5) is 20.8 Å². The zero-order valence-corrected chi connectivity index (χ0v) is 17.9. The standard InChI is InChI=1S/C24H26FN5O2/c1-17-4-8-20(9-5-17)28-24(31)27-15-18-3-2-14-30(16-18)23-26-13-12-22(29-23)32-21-10-6-19(25)7-11-21/h4-13,18H,2-3,14-16H2,1H3,(H2,27,28,31). The zero-order valence-electron chi connectivity index (χ0n) is 17.9. The Bertz CT molecular complexity index is 1040. The summed E-state index contributed by atoms with van der Waals surface area (Å²) in [5.74, 6) is 1.47. The molecule has 1 aliphatic rings. The highest BCUT2D eigenvalue weighted by atomic mass is 19.1. The molecule has 7 nitrogen and oxygen atoms in total. The molecule has 4 rings (SSSR count). The van der Waals surface area contributed by atoms with Gasteiger partial charge in [-0.15, -0.1) is 0 Å². The lowest BCUT2D eigenvalue weighted by Gasteiger charge is -2.32. The molecule has 1 unspecified atom stereocenters. The maximum Gasteiger partial charge on any atom is 0.319 e. The number of hydrogen-bond donors (Lipinski definition) is 2. The van der Waals surface area contributed by atoms with Crippen LogP contribution in [0.5, 0.6) is 11.6 Å². The summed E-state index contributed by atoms with van der Waals surface area (Å²) in [6.45, 7) is 4.16. The van der Waals surface area contributed by atoms with E-state index in [9.17, 15) is 9.18 Å². The summed E-state index contributed by atoms with van der Waals surface area (Å²) in [5, 5.41) is 5.82. The van der Waals surface area contributed by atoms with E-state index in [0.717, 1.165) is 37.2 Å². The molecular formula is C24H26FN5O2. The van der Waals surface area contributed by atoms with Crippen LogP contribution in [0.15, 0.2) is 60.8 Å². The van der Waals surface area contributed by atoms with E-state index in [-0.39, 0.29) is 17.8 Å². The van der Waals surface area contributed by atoms with Gasteiger partial charge in [0, 0.05) is 37.6 Å². The van der Waals surface area contributed by atoms with E-state index >= 15 is 0 Å². The summed E-state index contributed by atoms with van der Waals surface area (Å²) < 4.78 is 18.8. The first-order valence-electron chi connectivity index (χ1n) is 10.7. The highest BCUT2D eigenvalue weighted by Gasteiger charge is 2.22. The molecule has 0 saturated carbocycles. The number of nitrogens with zero attached hydrogens (tertiary/aromatic N) is 3. The van der Waals surface area contributed by atoms with E-state index in [1.165, 1.54) is 12.1 Å². The Balaban J connectivity index is 1.31. The molecule has 0 spiro atoms. The smallest absolute Gasteiger partial charge is 0.319 e. The third-order valence-electron chi connectivity index (χ3n) is 5.32. The highest BCUT2D eigenvalue weighted by Crippen LogP contribution is 2.24. The van der Waals surface area contributed by atoms with Crippen molar-refractivity contribution < 1.29 is 13.9 Å². The van der Waals surface area contributed by atoms with Crippen LogP contribution >= 0.6 is 0 Å². The number of piperidine rings is 1. The van der Waals surface area contributed by atoms with Gasteiger partial charge in [-0.2, -0.15) is 4.98 Å². The van der Waals surface area contributed by atoms with Crippen molar-refractivity contribution in [3.8, 4) is 11.6 Å². The normalized spacial score (nSPS) is 15.8. The zero-order chi connectivity index (χ0) is 22.3. The second-order valence-electron chi connectivity index (χ2n) is 7.91. The number of amides is 2. The van der Waals surface area contributed by atoms with Crippen molar-refractivity contribution in [2.24, 2.45) is 5.92 Å². The van der Waals surface area contributed by atoms with Crippen LogP contribution in [-0.2, 0) is 0 Å². The highest BCUT2D eigenvalue weighted by molar-refractivity contribution is 5.89. The van der Waals surface area contributed by atoms with Crippen LogP contribution in [0.3, 0.4) is 0 Å². The molecule has 3 aromatic rings. The summed E-state index contributed by atoms with van der Waals surface area (Å²) in [4.78, 5) is 23.2. The minimum atomic E-state index is -0.318. The number of aryl methyl sites for hydroxylation is 1. The predicted octanol–water partition coefficient (Wildman–Crippen LogP) is 4.75. The van der Waals surface area contributed by atoms with Crippen molar-refractivity contribution >= 4 is 17.7 Å². The molecule has 8 heteroatoms. The summed E-state index contributed by atoms with van der Waals surface area (Å²) in [7, 11) is 0. The van der Waals surface area contributed by atoms with E-state index < -0.39 is 0 Å². The van der Waals surface area contributed by atoms with E-state index in [1.807, 2.05) is 31.2 Å². The van der Waals surface area contributed by atoms with Gasteiger partial charge in [0.15, 0.2) is 0 Å². The first-order chi connectivity index (χ1) is 15.5. The number of carbonyl (C=O) groups is 1. The second-order valence-corrected chi connectivity index (χ2v) is 7.91. The lowest BCUT2D eigenvalue weighted by molar-refractivity contribution is 0.249. The molecule has 1 fully saturated rings. The van der Waals surface area contributed by atoms with E-state index in [2.05, 4.69) is 25.5 Å². The molecule has 1 saturated heterocycles. The number of aromatic nitrogens is 2. The minimum absolute atomic E-state index is 0.211. The summed E-state index contributed by atoms with van der Waals surface area (Å²) in [6, 6.07) is 14.9. The van der Waals surface area contributed by atoms with Crippen molar-refractivity contribution in [3.63, 3.8) is 0 Å². The molecule has 1 aliphatic heterocycles. The predicted molar refractivity (Wildman–Crippen MR) is 122 cm³/mol. The number of rotatable bonds is 6. The number of nitrogens with one attached hydrogen (secondary N) is 2. The number of halogens is 1. The van der Waals surface area contributed by atoms with Gasteiger partial charge in [-0.1, -0.05) is 17.7 Å². The lowest BCUT2D eigenvalue weighted by atomic mass is 9.98. The molecular weight excluding hydrogens is 409 g/mol. The van der Waals surface area contributed by atoms with Crippen molar-refractivity contribution in [2.45, 2.75) is 19.8 Å². The van der Waals surface area contributed by atoms with Gasteiger partial charge < -0.3 is 20.3 Å². The quantitative estimate of drug-likeness (QED) is 0.584. The van der Waals surface area contributed by atoms with E-state index in [0.29, 0.717) is 24.1 Å². The maximum absolute atomic E-state index is 13.1. The number of hydrogen-bond acceptors (Lipinski definition) is 5. The molecule has 2 aromatic carbocycles. The Morgan fingerprint density at radius 1 is 1.16 bits per heavy atom. The van der Waals surface area contributed by atoms with Gasteiger partial charge in [-0.3, -0.25) is 0 Å². The Hall–Kier alpha value is -3.68. The van der Waals surface area contributed by atoms with Crippen LogP contribution in [0.2, 0.25) is 0 Å². The van der Waals surface area contributed by atoms with Gasteiger partial charge in [0.05, 0.1) is 0 Å². The van der Waals surface area contributed by atoms with Gasteiger partial charge in [-0.25, -0.2) is 14.2 Å². The molecule has 0 aliphatic carbocycles. The van der Waals surface area contributed by atoms with Crippen LogP contribution in [0.1, 0.15) is 18.4 Å². The van der Waals surface area contributed by atoms with Crippen LogP contribution < -0.4 is 20.3 Å². The summed E-state index contributed by atoms with van der Waals surface area (Å²) in [5.41, 5.74) is 1.91. The monoisotopic (exact) mass is 435 g/mol. The van der Waals surface area contributed by atoms with Crippen molar-refractivity contribution in [1.29, 1.82) is 0 Å². The van der Waals surface area contributed by atoms with Crippen molar-refractivity contribution in [3.05, 3.63) is 72.2 Å². The molecule has 1 aromatic heterocycles. The molecule has 0 radical (unpaired) electrons. The maximum atomic E-state index is 13.1. The Labute approximate surface area is 186 Å². The van der Waals surface area contributed by atoms with Gasteiger partial charge in [0.2, 0.25) is 11.8 Å². The summed E-state index contributed by atoms with van der Waals surface area (Å²) >= 11 is 0. The van der Waals surface area contributed by atoms with Gasteiger partial charge in [0.25, 0.3) is 0 Å². The first kappa shape index (κ1) is 21.5. The number of urea groups is 1. The fraction of sp³-hybridized carbons (Fsp3) is 0.292. The lowest BCUT2D eigenvalue weighted by Crippen LogP contribution is -2.42. The van der Waals surface area contributed by atoms with E-state index in [1.54, 1.807) is 24.4 Å². The topological polar surface area (TPSA) is 79.4 Å². The number of carbonyl (C=O) groups excluding carboxylic acids is 1. The molecule has 166 valence electrons. The summed E-state index contributed by atoms with van der Waals surface area (Å²) in [6.07, 6.45) is 3.66. The number of ether oxygens (including phenoxy) is 1. The van der Waals surface area contributed by atoms with Crippen molar-refractivity contribution in [1.82, 2.24) is 15.3 Å². The van der Waals surface area contributed by atoms with Crippen LogP contribution in [0.25, 0.3) is 0 Å². The Kier molecular flexibility index (Phi) is 6.79. The van der Waals surface area contributed by atoms with Crippen molar-refractivity contribution in [2.75, 3.05) is 29.9 Å². The fourth-order valence-electron chi connectivity index (χ4n) is 3.63. The molecule has 32 heavy (non-hydrogen) atoms. The molecule has 2 heterocycles. The largest absolute Gasteiger partial charge is 0.439 e. The second kappa shape index (κ2) is 10.1. The van der Waals surface area contributed by atoms with Gasteiger partial charge in [-0.05, 0) is 62.1 Å². The van der Waals surface area contributed by atoms with Crippen LogP contribution in [0, 0.1) is 18.7 Å². The fourth-order valence-corrected chi connectivity index (χ4v) is 3.63. The molecule has 0 bridgehead atoms. The van der Waals surface area contributed by atoms with Gasteiger partial charge >= 0.3 is 6.03 Å². The number of benzene rings is 2. The third-order valence-corrected chi connectivity index (χ3v) is 5.32. The first-order valence-corrected chi connectivity index (χ1v) is 10.7. The Morgan fingerprint density at radius 2 is 1.94 bits per heavy atom. The minimum Gasteiger partial charge on any atom is -0.439 e. The molecule has 2 N–H and O–H groups in total. The molecule has 1 atom stereocenters. The third kappa shape index (κ3) is 5.94. The Morgan fingerprint density at radius 3 is 2.72 bits per heavy atom.